The van der Waals surface area contributed by atoms with Crippen LogP contribution in [0.4, 0.5) is 0 Å². The van der Waals surface area contributed by atoms with E-state index in [9.17, 15) is 9.90 Å². The highest BCUT2D eigenvalue weighted by Gasteiger charge is 2.42. The molecule has 0 radical (unpaired) electrons. The number of hydrogen-bond donors (Lipinski definition) is 3. The van der Waals surface area contributed by atoms with Crippen LogP contribution in [0, 0.1) is 5.92 Å². The third-order valence-electron chi connectivity index (χ3n) is 5.28. The fourth-order valence-corrected chi connectivity index (χ4v) is 3.46. The van der Waals surface area contributed by atoms with Gasteiger partial charge in [-0.1, -0.05) is 23.7 Å². The summed E-state index contributed by atoms with van der Waals surface area (Å²) >= 11 is 6.05. The Morgan fingerprint density at radius 3 is 2.74 bits per heavy atom. The molecule has 2 aromatic rings. The molecule has 2 saturated carbocycles. The van der Waals surface area contributed by atoms with Gasteiger partial charge in [-0.3, -0.25) is 0 Å². The van der Waals surface area contributed by atoms with E-state index in [0.29, 0.717) is 23.0 Å². The van der Waals surface area contributed by atoms with Crippen molar-refractivity contribution >= 4 is 17.6 Å². The Balaban J connectivity index is 1.68. The molecule has 2 fully saturated rings. The number of carboxylic acids is 1. The highest BCUT2D eigenvalue weighted by molar-refractivity contribution is 6.30. The van der Waals surface area contributed by atoms with Crippen LogP contribution in [0.25, 0.3) is 0 Å². The molecule has 0 amide bonds. The van der Waals surface area contributed by atoms with Crippen LogP contribution in [0.15, 0.2) is 30.5 Å². The first-order chi connectivity index (χ1) is 13.0. The largest absolute Gasteiger partial charge is 0.479 e. The maximum absolute atomic E-state index is 12.1. The van der Waals surface area contributed by atoms with Gasteiger partial charge in [0.2, 0.25) is 5.54 Å². The van der Waals surface area contributed by atoms with Gasteiger partial charge in [0.1, 0.15) is 0 Å². The first-order valence-electron chi connectivity index (χ1n) is 9.34. The second kappa shape index (κ2) is 7.19. The van der Waals surface area contributed by atoms with Crippen LogP contribution < -0.4 is 11.1 Å². The molecule has 4 N–H and O–H groups in total. The SMILES string of the molecule is NC(C(=O)O)(c1cccc(Cl)c1)c1ncc(CNCC2CC2)c(C2CC2)n1. The quantitative estimate of drug-likeness (QED) is 0.644. The zero-order chi connectivity index (χ0) is 19.0. The molecule has 0 spiro atoms. The Bertz CT molecular complexity index is 867. The van der Waals surface area contributed by atoms with Crippen LogP contribution in [-0.2, 0) is 16.9 Å². The summed E-state index contributed by atoms with van der Waals surface area (Å²) in [6.45, 7) is 1.70. The number of hydrogen-bond acceptors (Lipinski definition) is 5. The van der Waals surface area contributed by atoms with Crippen LogP contribution in [0.1, 0.15) is 54.2 Å². The van der Waals surface area contributed by atoms with Gasteiger partial charge in [0.05, 0.1) is 5.69 Å². The minimum absolute atomic E-state index is 0.102. The van der Waals surface area contributed by atoms with Gasteiger partial charge < -0.3 is 16.2 Å². The van der Waals surface area contributed by atoms with Gasteiger partial charge in [-0.05, 0) is 55.8 Å². The smallest absolute Gasteiger partial charge is 0.336 e. The number of nitrogens with two attached hydrogens (primary N) is 1. The molecule has 0 aliphatic heterocycles. The number of aliphatic carboxylic acids is 1. The monoisotopic (exact) mass is 386 g/mol. The van der Waals surface area contributed by atoms with E-state index in [1.807, 2.05) is 0 Å². The lowest BCUT2D eigenvalue weighted by atomic mass is 9.89. The number of carboxylic acid groups (broad SMARTS) is 1. The zero-order valence-electron chi connectivity index (χ0n) is 15.0. The summed E-state index contributed by atoms with van der Waals surface area (Å²) in [5.74, 6) is 0.0548. The summed E-state index contributed by atoms with van der Waals surface area (Å²) in [7, 11) is 0. The second-order valence-corrected chi connectivity index (χ2v) is 8.01. The van der Waals surface area contributed by atoms with Crippen molar-refractivity contribution in [3.63, 3.8) is 0 Å². The van der Waals surface area contributed by atoms with Crippen LogP contribution in [0.3, 0.4) is 0 Å². The minimum atomic E-state index is -1.84. The van der Waals surface area contributed by atoms with Gasteiger partial charge in [0, 0.05) is 29.2 Å². The molecule has 4 rings (SSSR count). The Kier molecular flexibility index (Phi) is 4.88. The second-order valence-electron chi connectivity index (χ2n) is 7.58. The summed E-state index contributed by atoms with van der Waals surface area (Å²) in [4.78, 5) is 21.1. The predicted molar refractivity (Wildman–Crippen MR) is 102 cm³/mol. The van der Waals surface area contributed by atoms with Gasteiger partial charge in [-0.2, -0.15) is 0 Å². The maximum Gasteiger partial charge on any atom is 0.336 e. The predicted octanol–water partition coefficient (Wildman–Crippen LogP) is 2.79. The van der Waals surface area contributed by atoms with Crippen molar-refractivity contribution in [1.29, 1.82) is 0 Å². The summed E-state index contributed by atoms with van der Waals surface area (Å²) in [5.41, 5.74) is 6.81. The Morgan fingerprint density at radius 2 is 2.11 bits per heavy atom. The van der Waals surface area contributed by atoms with Crippen molar-refractivity contribution in [2.24, 2.45) is 11.7 Å². The van der Waals surface area contributed by atoms with Gasteiger partial charge in [-0.25, -0.2) is 14.8 Å². The maximum atomic E-state index is 12.1. The first-order valence-corrected chi connectivity index (χ1v) is 9.71. The average Bonchev–Trinajstić information content (AvgIpc) is 3.55. The van der Waals surface area contributed by atoms with E-state index in [1.165, 1.54) is 12.8 Å². The lowest BCUT2D eigenvalue weighted by Gasteiger charge is -2.25. The number of rotatable bonds is 8. The topological polar surface area (TPSA) is 101 Å². The Labute approximate surface area is 163 Å². The molecule has 27 heavy (non-hydrogen) atoms. The highest BCUT2D eigenvalue weighted by Crippen LogP contribution is 2.41. The molecule has 1 aromatic carbocycles. The molecule has 2 aliphatic rings. The normalized spacial score (nSPS) is 18.9. The van der Waals surface area contributed by atoms with Gasteiger partial charge >= 0.3 is 5.97 Å². The molecule has 0 saturated heterocycles. The van der Waals surface area contributed by atoms with Gasteiger partial charge in [0.15, 0.2) is 5.82 Å². The van der Waals surface area contributed by atoms with Crippen LogP contribution >= 0.6 is 11.6 Å². The van der Waals surface area contributed by atoms with E-state index < -0.39 is 11.5 Å². The molecule has 1 unspecified atom stereocenters. The van der Waals surface area contributed by atoms with Crippen molar-refractivity contribution in [2.75, 3.05) is 6.54 Å². The van der Waals surface area contributed by atoms with Gasteiger partial charge in [0.25, 0.3) is 0 Å². The Morgan fingerprint density at radius 1 is 1.33 bits per heavy atom. The van der Waals surface area contributed by atoms with Crippen LogP contribution in [-0.4, -0.2) is 27.6 Å². The summed E-state index contributed by atoms with van der Waals surface area (Å²) in [5, 5.41) is 13.8. The van der Waals surface area contributed by atoms with Crippen molar-refractivity contribution < 1.29 is 9.90 Å². The number of benzene rings is 1. The molecule has 2 aliphatic carbocycles. The average molecular weight is 387 g/mol. The molecule has 0 bridgehead atoms. The molecule has 1 aromatic heterocycles. The third kappa shape index (κ3) is 3.83. The number of aromatic nitrogens is 2. The molecular weight excluding hydrogens is 364 g/mol. The molecule has 1 atom stereocenters. The Hall–Kier alpha value is -2.02. The molecule has 7 heteroatoms. The van der Waals surface area contributed by atoms with Gasteiger partial charge in [-0.15, -0.1) is 0 Å². The lowest BCUT2D eigenvalue weighted by molar-refractivity contribution is -0.142. The van der Waals surface area contributed by atoms with Crippen molar-refractivity contribution in [2.45, 2.75) is 43.7 Å². The number of nitrogens with zero attached hydrogens (tertiary/aromatic N) is 2. The first kappa shape index (κ1) is 18.3. The molecule has 6 nitrogen and oxygen atoms in total. The highest BCUT2D eigenvalue weighted by atomic mass is 35.5. The standard InChI is InChI=1S/C20H23ClN4O2/c21-16-3-1-2-15(8-16)20(22,19(26)27)18-24-11-14(10-23-9-12-4-5-12)17(25-18)13-6-7-13/h1-3,8,11-13,23H,4-7,9-10,22H2,(H,26,27). The van der Waals surface area contributed by atoms with E-state index in [-0.39, 0.29) is 5.82 Å². The zero-order valence-corrected chi connectivity index (χ0v) is 15.7. The fraction of sp³-hybridized carbons (Fsp3) is 0.450. The minimum Gasteiger partial charge on any atom is -0.479 e. The fourth-order valence-electron chi connectivity index (χ4n) is 3.27. The van der Waals surface area contributed by atoms with E-state index in [2.05, 4.69) is 15.3 Å². The number of carbonyl (C=O) groups is 1. The molecule has 142 valence electrons. The lowest BCUT2D eigenvalue weighted by Crippen LogP contribution is -2.47. The van der Waals surface area contributed by atoms with E-state index >= 15 is 0 Å². The van der Waals surface area contributed by atoms with Crippen molar-refractivity contribution in [3.8, 4) is 0 Å². The van der Waals surface area contributed by atoms with E-state index in [4.69, 9.17) is 17.3 Å². The van der Waals surface area contributed by atoms with Crippen molar-refractivity contribution in [1.82, 2.24) is 15.3 Å². The van der Waals surface area contributed by atoms with Crippen molar-refractivity contribution in [3.05, 3.63) is 58.1 Å². The third-order valence-corrected chi connectivity index (χ3v) is 5.51. The van der Waals surface area contributed by atoms with Crippen LogP contribution in [0.2, 0.25) is 5.02 Å². The molecule has 1 heterocycles. The van der Waals surface area contributed by atoms with E-state index in [0.717, 1.165) is 36.6 Å². The number of nitrogens with one attached hydrogen (secondary N) is 1. The number of halogens is 1. The van der Waals surface area contributed by atoms with E-state index in [1.54, 1.807) is 30.5 Å². The van der Waals surface area contributed by atoms with Crippen LogP contribution in [0.5, 0.6) is 0 Å². The summed E-state index contributed by atoms with van der Waals surface area (Å²) in [6.07, 6.45) is 6.45. The summed E-state index contributed by atoms with van der Waals surface area (Å²) < 4.78 is 0. The molecular formula is C20H23ClN4O2. The summed E-state index contributed by atoms with van der Waals surface area (Å²) in [6, 6.07) is 6.56.